The number of para-hydroxylation sites is 2. The van der Waals surface area contributed by atoms with E-state index in [2.05, 4.69) is 17.6 Å². The van der Waals surface area contributed by atoms with Gasteiger partial charge in [-0.25, -0.2) is 0 Å². The van der Waals surface area contributed by atoms with E-state index in [1.54, 1.807) is 12.1 Å². The lowest BCUT2D eigenvalue weighted by Gasteiger charge is -2.28. The second-order valence-corrected chi connectivity index (χ2v) is 7.58. The van der Waals surface area contributed by atoms with Gasteiger partial charge in [-0.2, -0.15) is 0 Å². The zero-order valence-corrected chi connectivity index (χ0v) is 17.7. The van der Waals surface area contributed by atoms with Gasteiger partial charge < -0.3 is 19.8 Å². The predicted octanol–water partition coefficient (Wildman–Crippen LogP) is 4.96. The number of hydrogen-bond acceptors (Lipinski definition) is 4. The molecule has 0 saturated carbocycles. The Kier molecular flexibility index (Phi) is 7.06. The molecular weight excluding hydrogens is 411 g/mol. The molecule has 1 fully saturated rings. The number of ether oxygens (including phenoxy) is 1. The highest BCUT2D eigenvalue weighted by Gasteiger charge is 2.25. The van der Waals surface area contributed by atoms with Crippen LogP contribution in [0.2, 0.25) is 5.02 Å². The SMILES string of the molecule is CC1CC(NC(=O)c2oc3ccccc3c2COc2ccccc2Cl)CCN1.Cl. The molecule has 2 atom stereocenters. The molecule has 29 heavy (non-hydrogen) atoms. The van der Waals surface area contributed by atoms with E-state index in [0.717, 1.165) is 30.3 Å². The monoisotopic (exact) mass is 434 g/mol. The van der Waals surface area contributed by atoms with Crippen molar-refractivity contribution in [2.45, 2.75) is 38.5 Å². The summed E-state index contributed by atoms with van der Waals surface area (Å²) in [7, 11) is 0. The number of hydrogen-bond donors (Lipinski definition) is 2. The predicted molar refractivity (Wildman–Crippen MR) is 117 cm³/mol. The smallest absolute Gasteiger partial charge is 0.287 e. The molecule has 154 valence electrons. The Bertz CT molecular complexity index is 989. The van der Waals surface area contributed by atoms with Gasteiger partial charge in [-0.15, -0.1) is 12.4 Å². The van der Waals surface area contributed by atoms with E-state index in [0.29, 0.717) is 28.2 Å². The maximum absolute atomic E-state index is 13.0. The molecule has 0 spiro atoms. The van der Waals surface area contributed by atoms with Crippen LogP contribution in [0.15, 0.2) is 52.9 Å². The average molecular weight is 435 g/mol. The van der Waals surface area contributed by atoms with Gasteiger partial charge in [0, 0.05) is 23.0 Å². The van der Waals surface area contributed by atoms with Crippen LogP contribution in [0.4, 0.5) is 0 Å². The lowest BCUT2D eigenvalue weighted by molar-refractivity contribution is 0.0896. The molecule has 5 nitrogen and oxygen atoms in total. The Labute approximate surface area is 181 Å². The van der Waals surface area contributed by atoms with Crippen LogP contribution in [-0.4, -0.2) is 24.5 Å². The van der Waals surface area contributed by atoms with Gasteiger partial charge in [0.05, 0.1) is 5.02 Å². The number of furan rings is 1. The van der Waals surface area contributed by atoms with Crippen molar-refractivity contribution in [3.63, 3.8) is 0 Å². The minimum Gasteiger partial charge on any atom is -0.487 e. The van der Waals surface area contributed by atoms with Gasteiger partial charge in [0.1, 0.15) is 17.9 Å². The highest BCUT2D eigenvalue weighted by Crippen LogP contribution is 2.29. The Morgan fingerprint density at radius 1 is 1.24 bits per heavy atom. The fourth-order valence-electron chi connectivity index (χ4n) is 3.65. The summed E-state index contributed by atoms with van der Waals surface area (Å²) in [6.45, 7) is 3.23. The number of carbonyl (C=O) groups excluding carboxylic acids is 1. The van der Waals surface area contributed by atoms with Crippen molar-refractivity contribution in [1.29, 1.82) is 0 Å². The lowest BCUT2D eigenvalue weighted by Crippen LogP contribution is -2.46. The number of rotatable bonds is 5. The van der Waals surface area contributed by atoms with Gasteiger partial charge in [-0.1, -0.05) is 41.9 Å². The van der Waals surface area contributed by atoms with Gasteiger partial charge in [0.25, 0.3) is 5.91 Å². The van der Waals surface area contributed by atoms with Crippen LogP contribution >= 0.6 is 24.0 Å². The number of fused-ring (bicyclic) bond motifs is 1. The fraction of sp³-hybridized carbons (Fsp3) is 0.318. The van der Waals surface area contributed by atoms with Crippen molar-refractivity contribution in [3.05, 3.63) is 64.9 Å². The lowest BCUT2D eigenvalue weighted by atomic mass is 10.0. The van der Waals surface area contributed by atoms with Crippen molar-refractivity contribution in [1.82, 2.24) is 10.6 Å². The summed E-state index contributed by atoms with van der Waals surface area (Å²) < 4.78 is 11.8. The standard InChI is InChI=1S/C22H23ClN2O3.ClH/c1-14-12-15(10-11-24-14)25-22(26)21-17(16-6-2-4-8-19(16)28-21)13-27-20-9-5-3-7-18(20)23;/h2-9,14-15,24H,10-13H2,1H3,(H,25,26);1H. The van der Waals surface area contributed by atoms with E-state index < -0.39 is 0 Å². The molecule has 1 aromatic heterocycles. The first-order valence-electron chi connectivity index (χ1n) is 9.54. The first kappa shape index (κ1) is 21.5. The van der Waals surface area contributed by atoms with Gasteiger partial charge in [-0.3, -0.25) is 4.79 Å². The first-order valence-corrected chi connectivity index (χ1v) is 9.91. The fourth-order valence-corrected chi connectivity index (χ4v) is 3.84. The molecule has 2 unspecified atom stereocenters. The van der Waals surface area contributed by atoms with Gasteiger partial charge in [0.2, 0.25) is 0 Å². The quantitative estimate of drug-likeness (QED) is 0.595. The summed E-state index contributed by atoms with van der Waals surface area (Å²) in [4.78, 5) is 13.0. The summed E-state index contributed by atoms with van der Waals surface area (Å²) in [5, 5.41) is 7.92. The Morgan fingerprint density at radius 2 is 2.00 bits per heavy atom. The van der Waals surface area contributed by atoms with Crippen LogP contribution in [-0.2, 0) is 6.61 Å². The molecule has 0 radical (unpaired) electrons. The highest BCUT2D eigenvalue weighted by molar-refractivity contribution is 6.32. The third-order valence-electron chi connectivity index (χ3n) is 5.07. The van der Waals surface area contributed by atoms with Gasteiger partial charge in [-0.05, 0) is 44.5 Å². The number of nitrogens with one attached hydrogen (secondary N) is 2. The zero-order valence-electron chi connectivity index (χ0n) is 16.1. The molecule has 0 aliphatic carbocycles. The molecule has 4 rings (SSSR count). The molecule has 1 amide bonds. The van der Waals surface area contributed by atoms with Gasteiger partial charge >= 0.3 is 0 Å². The molecule has 3 aromatic rings. The highest BCUT2D eigenvalue weighted by atomic mass is 35.5. The molecule has 2 heterocycles. The summed E-state index contributed by atoms with van der Waals surface area (Å²) in [5.41, 5.74) is 1.40. The maximum atomic E-state index is 13.0. The number of benzene rings is 2. The van der Waals surface area contributed by atoms with Crippen LogP contribution in [0.3, 0.4) is 0 Å². The zero-order chi connectivity index (χ0) is 19.5. The molecule has 2 aromatic carbocycles. The van der Waals surface area contributed by atoms with Crippen molar-refractivity contribution in [2.75, 3.05) is 6.54 Å². The minimum absolute atomic E-state index is 0. The summed E-state index contributed by atoms with van der Waals surface area (Å²) in [6.07, 6.45) is 1.80. The van der Waals surface area contributed by atoms with Crippen molar-refractivity contribution < 1.29 is 13.9 Å². The number of piperidine rings is 1. The maximum Gasteiger partial charge on any atom is 0.287 e. The largest absolute Gasteiger partial charge is 0.487 e. The van der Waals surface area contributed by atoms with E-state index in [4.69, 9.17) is 20.8 Å². The van der Waals surface area contributed by atoms with Crippen molar-refractivity contribution in [2.24, 2.45) is 0 Å². The number of carbonyl (C=O) groups is 1. The van der Waals surface area contributed by atoms with E-state index in [1.807, 2.05) is 36.4 Å². The van der Waals surface area contributed by atoms with Crippen LogP contribution in [0.5, 0.6) is 5.75 Å². The van der Waals surface area contributed by atoms with E-state index >= 15 is 0 Å². The molecule has 1 aliphatic rings. The number of halogens is 2. The first-order chi connectivity index (χ1) is 13.6. The van der Waals surface area contributed by atoms with E-state index in [-0.39, 0.29) is 31.0 Å². The van der Waals surface area contributed by atoms with Crippen LogP contribution in [0.25, 0.3) is 11.0 Å². The van der Waals surface area contributed by atoms with Gasteiger partial charge in [0.15, 0.2) is 5.76 Å². The number of amides is 1. The van der Waals surface area contributed by atoms with Crippen molar-refractivity contribution in [3.8, 4) is 5.75 Å². The topological polar surface area (TPSA) is 63.5 Å². The van der Waals surface area contributed by atoms with Crippen LogP contribution < -0.4 is 15.4 Å². The Hall–Kier alpha value is -2.21. The molecule has 0 bridgehead atoms. The average Bonchev–Trinajstić information content (AvgIpc) is 3.06. The van der Waals surface area contributed by atoms with E-state index in [9.17, 15) is 4.79 Å². The molecule has 1 saturated heterocycles. The summed E-state index contributed by atoms with van der Waals surface area (Å²) >= 11 is 6.19. The molecular formula is C22H24Cl2N2O3. The Balaban J connectivity index is 0.00000240. The minimum atomic E-state index is -0.201. The second kappa shape index (κ2) is 9.53. The normalized spacial score (nSPS) is 18.8. The molecule has 1 aliphatic heterocycles. The molecule has 7 heteroatoms. The van der Waals surface area contributed by atoms with Crippen LogP contribution in [0, 0.1) is 0 Å². The van der Waals surface area contributed by atoms with E-state index in [1.165, 1.54) is 0 Å². The molecule has 2 N–H and O–H groups in total. The second-order valence-electron chi connectivity index (χ2n) is 7.17. The third kappa shape index (κ3) is 4.86. The Morgan fingerprint density at radius 3 is 2.79 bits per heavy atom. The van der Waals surface area contributed by atoms with Crippen LogP contribution in [0.1, 0.15) is 35.9 Å². The summed E-state index contributed by atoms with van der Waals surface area (Å²) in [5.74, 6) is 0.681. The summed E-state index contributed by atoms with van der Waals surface area (Å²) in [6, 6.07) is 15.4. The third-order valence-corrected chi connectivity index (χ3v) is 5.38. The van der Waals surface area contributed by atoms with Crippen molar-refractivity contribution >= 4 is 40.9 Å².